The number of carbonyl (C=O) groups excluding carboxylic acids is 1. The second-order valence-corrected chi connectivity index (χ2v) is 5.95. The summed E-state index contributed by atoms with van der Waals surface area (Å²) in [5, 5.41) is 6.79. The fraction of sp³-hybridized carbons (Fsp3) is 0.875. The number of nitrogens with zero attached hydrogens (tertiary/aromatic N) is 1. The van der Waals surface area contributed by atoms with Crippen LogP contribution in [-0.4, -0.2) is 39.2 Å². The van der Waals surface area contributed by atoms with Gasteiger partial charge in [-0.3, -0.25) is 9.79 Å². The Kier molecular flexibility index (Phi) is 8.16. The lowest BCUT2D eigenvalue weighted by Gasteiger charge is -2.41. The van der Waals surface area contributed by atoms with Gasteiger partial charge in [-0.15, -0.1) is 0 Å². The third-order valence-corrected chi connectivity index (χ3v) is 4.60. The van der Waals surface area contributed by atoms with Gasteiger partial charge >= 0.3 is 5.97 Å². The van der Waals surface area contributed by atoms with Crippen molar-refractivity contribution >= 4 is 11.9 Å². The van der Waals surface area contributed by atoms with Gasteiger partial charge in [0.1, 0.15) is 0 Å². The van der Waals surface area contributed by atoms with E-state index in [1.165, 1.54) is 32.8 Å². The van der Waals surface area contributed by atoms with Gasteiger partial charge in [-0.05, 0) is 37.5 Å². The van der Waals surface area contributed by atoms with E-state index in [0.29, 0.717) is 11.8 Å². The number of nitrogens with one attached hydrogen (secondary N) is 2. The molecule has 0 bridgehead atoms. The van der Waals surface area contributed by atoms with Crippen molar-refractivity contribution in [3.63, 3.8) is 0 Å². The molecule has 0 amide bonds. The van der Waals surface area contributed by atoms with Gasteiger partial charge in [0.25, 0.3) is 0 Å². The standard InChI is InChI=1S/C16H31N3O2/c1-4-16(10-8-11-16)13-19-15(17-2)18-12-7-5-6-9-14(20)21-3/h4-13H2,1-3H3,(H2,17,18,19). The summed E-state index contributed by atoms with van der Waals surface area (Å²) in [6.45, 7) is 4.18. The molecule has 0 spiro atoms. The highest BCUT2D eigenvalue weighted by molar-refractivity contribution is 5.79. The van der Waals surface area contributed by atoms with Crippen molar-refractivity contribution in [2.45, 2.75) is 58.3 Å². The van der Waals surface area contributed by atoms with Crippen molar-refractivity contribution in [3.8, 4) is 0 Å². The van der Waals surface area contributed by atoms with E-state index in [1.807, 2.05) is 7.05 Å². The first-order valence-corrected chi connectivity index (χ1v) is 8.17. The van der Waals surface area contributed by atoms with E-state index >= 15 is 0 Å². The quantitative estimate of drug-likeness (QED) is 0.297. The zero-order chi connectivity index (χ0) is 15.6. The highest BCUT2D eigenvalue weighted by Crippen LogP contribution is 2.42. The van der Waals surface area contributed by atoms with Crippen molar-refractivity contribution in [2.24, 2.45) is 10.4 Å². The van der Waals surface area contributed by atoms with Crippen LogP contribution >= 0.6 is 0 Å². The summed E-state index contributed by atoms with van der Waals surface area (Å²) in [6.07, 6.45) is 8.74. The molecule has 0 aromatic heterocycles. The van der Waals surface area contributed by atoms with E-state index in [-0.39, 0.29) is 5.97 Å². The average Bonchev–Trinajstić information content (AvgIpc) is 2.47. The molecule has 122 valence electrons. The zero-order valence-electron chi connectivity index (χ0n) is 13.8. The predicted octanol–water partition coefficient (Wildman–Crippen LogP) is 2.47. The lowest BCUT2D eigenvalue weighted by Crippen LogP contribution is -2.46. The van der Waals surface area contributed by atoms with Crippen molar-refractivity contribution in [2.75, 3.05) is 27.2 Å². The van der Waals surface area contributed by atoms with Gasteiger partial charge in [-0.25, -0.2) is 0 Å². The first-order chi connectivity index (χ1) is 10.2. The molecule has 0 saturated heterocycles. The lowest BCUT2D eigenvalue weighted by molar-refractivity contribution is -0.140. The Labute approximate surface area is 128 Å². The minimum absolute atomic E-state index is 0.120. The number of hydrogen-bond acceptors (Lipinski definition) is 3. The average molecular weight is 297 g/mol. The molecule has 0 aromatic carbocycles. The van der Waals surface area contributed by atoms with Crippen molar-refractivity contribution in [1.82, 2.24) is 10.6 Å². The molecule has 0 unspecified atom stereocenters. The Morgan fingerprint density at radius 3 is 2.52 bits per heavy atom. The summed E-state index contributed by atoms with van der Waals surface area (Å²) in [6, 6.07) is 0. The molecule has 1 rings (SSSR count). The summed E-state index contributed by atoms with van der Waals surface area (Å²) < 4.78 is 4.62. The fourth-order valence-corrected chi connectivity index (χ4v) is 2.70. The summed E-state index contributed by atoms with van der Waals surface area (Å²) >= 11 is 0. The SMILES string of the molecule is CCC1(CNC(=NC)NCCCCCC(=O)OC)CCC1. The van der Waals surface area contributed by atoms with Gasteiger partial charge < -0.3 is 15.4 Å². The van der Waals surface area contributed by atoms with Crippen LogP contribution in [0.4, 0.5) is 0 Å². The van der Waals surface area contributed by atoms with E-state index in [2.05, 4.69) is 27.3 Å². The van der Waals surface area contributed by atoms with Gasteiger partial charge in [0.05, 0.1) is 7.11 Å². The second-order valence-electron chi connectivity index (χ2n) is 5.95. The predicted molar refractivity (Wildman–Crippen MR) is 86.4 cm³/mol. The molecule has 1 saturated carbocycles. The summed E-state index contributed by atoms with van der Waals surface area (Å²) in [5.74, 6) is 0.772. The fourth-order valence-electron chi connectivity index (χ4n) is 2.70. The molecule has 1 aliphatic rings. The van der Waals surface area contributed by atoms with Crippen LogP contribution in [0, 0.1) is 5.41 Å². The third-order valence-electron chi connectivity index (χ3n) is 4.60. The Morgan fingerprint density at radius 1 is 1.24 bits per heavy atom. The molecule has 1 fully saturated rings. The number of guanidine groups is 1. The Bertz CT molecular complexity index is 333. The molecule has 0 radical (unpaired) electrons. The molecule has 5 nitrogen and oxygen atoms in total. The number of esters is 1. The van der Waals surface area contributed by atoms with Crippen LogP contribution in [0.25, 0.3) is 0 Å². The lowest BCUT2D eigenvalue weighted by atomic mass is 9.67. The van der Waals surface area contributed by atoms with Crippen LogP contribution in [0.15, 0.2) is 4.99 Å². The molecule has 1 aliphatic carbocycles. The van der Waals surface area contributed by atoms with E-state index < -0.39 is 0 Å². The van der Waals surface area contributed by atoms with Crippen LogP contribution in [-0.2, 0) is 9.53 Å². The molecule has 0 aliphatic heterocycles. The molecular formula is C16H31N3O2. The number of rotatable bonds is 9. The first-order valence-electron chi connectivity index (χ1n) is 8.17. The van der Waals surface area contributed by atoms with Crippen LogP contribution in [0.1, 0.15) is 58.3 Å². The van der Waals surface area contributed by atoms with E-state index in [0.717, 1.165) is 38.3 Å². The number of carbonyl (C=O) groups is 1. The Morgan fingerprint density at radius 2 is 2.00 bits per heavy atom. The van der Waals surface area contributed by atoms with Crippen LogP contribution in [0.2, 0.25) is 0 Å². The number of methoxy groups -OCH3 is 1. The minimum Gasteiger partial charge on any atom is -0.469 e. The van der Waals surface area contributed by atoms with Crippen LogP contribution < -0.4 is 10.6 Å². The maximum atomic E-state index is 11.0. The maximum Gasteiger partial charge on any atom is 0.305 e. The van der Waals surface area contributed by atoms with Gasteiger partial charge in [-0.1, -0.05) is 19.8 Å². The molecule has 0 aromatic rings. The molecule has 21 heavy (non-hydrogen) atoms. The monoisotopic (exact) mass is 297 g/mol. The van der Waals surface area contributed by atoms with E-state index in [9.17, 15) is 4.79 Å². The van der Waals surface area contributed by atoms with Gasteiger partial charge in [-0.2, -0.15) is 0 Å². The summed E-state index contributed by atoms with van der Waals surface area (Å²) in [5.41, 5.74) is 0.498. The summed E-state index contributed by atoms with van der Waals surface area (Å²) in [4.78, 5) is 15.2. The molecule has 0 atom stereocenters. The zero-order valence-corrected chi connectivity index (χ0v) is 13.8. The van der Waals surface area contributed by atoms with E-state index in [1.54, 1.807) is 0 Å². The van der Waals surface area contributed by atoms with Crippen molar-refractivity contribution in [3.05, 3.63) is 0 Å². The second kappa shape index (κ2) is 9.64. The number of aliphatic imine (C=N–C) groups is 1. The molecule has 2 N–H and O–H groups in total. The number of hydrogen-bond donors (Lipinski definition) is 2. The number of unbranched alkanes of at least 4 members (excludes halogenated alkanes) is 2. The molecular weight excluding hydrogens is 266 g/mol. The van der Waals surface area contributed by atoms with Crippen molar-refractivity contribution < 1.29 is 9.53 Å². The molecule has 0 heterocycles. The maximum absolute atomic E-state index is 11.0. The number of ether oxygens (including phenoxy) is 1. The third kappa shape index (κ3) is 6.36. The van der Waals surface area contributed by atoms with E-state index in [4.69, 9.17) is 0 Å². The highest BCUT2D eigenvalue weighted by Gasteiger charge is 2.34. The largest absolute Gasteiger partial charge is 0.469 e. The van der Waals surface area contributed by atoms with Crippen molar-refractivity contribution in [1.29, 1.82) is 0 Å². The first kappa shape index (κ1) is 17.8. The Balaban J connectivity index is 2.07. The Hall–Kier alpha value is -1.26. The minimum atomic E-state index is -0.120. The normalized spacial score (nSPS) is 17.0. The van der Waals surface area contributed by atoms with Crippen LogP contribution in [0.5, 0.6) is 0 Å². The van der Waals surface area contributed by atoms with Gasteiger partial charge in [0, 0.05) is 26.6 Å². The van der Waals surface area contributed by atoms with Crippen LogP contribution in [0.3, 0.4) is 0 Å². The highest BCUT2D eigenvalue weighted by atomic mass is 16.5. The summed E-state index contributed by atoms with van der Waals surface area (Å²) in [7, 11) is 3.25. The smallest absolute Gasteiger partial charge is 0.305 e. The van der Waals surface area contributed by atoms with Gasteiger partial charge in [0.15, 0.2) is 5.96 Å². The topological polar surface area (TPSA) is 62.7 Å². The molecule has 5 heteroatoms. The van der Waals surface area contributed by atoms with Gasteiger partial charge in [0.2, 0.25) is 0 Å².